The van der Waals surface area contributed by atoms with Gasteiger partial charge in [-0.2, -0.15) is 4.98 Å². The molecule has 2 saturated carbocycles. The van der Waals surface area contributed by atoms with Gasteiger partial charge in [-0.25, -0.2) is 22.6 Å². The molecule has 2 aliphatic carbocycles. The van der Waals surface area contributed by atoms with Crippen molar-refractivity contribution in [3.63, 3.8) is 0 Å². The summed E-state index contributed by atoms with van der Waals surface area (Å²) in [6.45, 7) is 5.03. The number of sulfonamides is 1. The lowest BCUT2D eigenvalue weighted by Gasteiger charge is -2.30. The highest BCUT2D eigenvalue weighted by Crippen LogP contribution is 2.46. The molecule has 4 heterocycles. The van der Waals surface area contributed by atoms with E-state index < -0.39 is 80.2 Å². The third-order valence-corrected chi connectivity index (χ3v) is 14.4. The van der Waals surface area contributed by atoms with Crippen LogP contribution >= 0.6 is 11.3 Å². The van der Waals surface area contributed by atoms with E-state index >= 15 is 0 Å². The first kappa shape index (κ1) is 42.3. The van der Waals surface area contributed by atoms with Gasteiger partial charge < -0.3 is 29.7 Å². The Kier molecular flexibility index (Phi) is 11.4. The molecule has 0 spiro atoms. The molecule has 15 nitrogen and oxygen atoms in total. The van der Waals surface area contributed by atoms with Crippen LogP contribution in [0.5, 0.6) is 11.6 Å². The van der Waals surface area contributed by atoms with E-state index in [4.69, 9.17) is 24.2 Å². The molecule has 4 amide bonds. The van der Waals surface area contributed by atoms with E-state index in [1.165, 1.54) is 28.4 Å². The summed E-state index contributed by atoms with van der Waals surface area (Å²) in [5.74, 6) is -1.88. The molecule has 1 saturated heterocycles. The second-order valence-corrected chi connectivity index (χ2v) is 20.2. The molecule has 2 aliphatic heterocycles. The number of ether oxygens (including phenoxy) is 3. The quantitative estimate of drug-likeness (QED) is 0.178. The molecule has 5 atom stereocenters. The molecular formula is C43H49FN6O9S2. The van der Waals surface area contributed by atoms with Gasteiger partial charge in [-0.1, -0.05) is 25.0 Å². The molecule has 4 aromatic rings. The van der Waals surface area contributed by atoms with E-state index in [0.717, 1.165) is 17.5 Å². The fourth-order valence-electron chi connectivity index (χ4n) is 7.99. The molecule has 2 aromatic carbocycles. The standard InChI is InChI=1S/C43H49FN6O9S2/c1-42(2,3)59-41(54)45-31-11-9-7-5-6-8-10-25-22-43(25,40(53)49-61(55,56)29-17-18-29)48-37(51)32-21-28(23-50(32)39(31)52)58-38-35-34(30-20-26(44)14-19-33(30)60-35)46-36(47-38)24-12-15-27(57-4)16-13-24/h8,10,12-16,19-20,25,28-29,31-32H,5-7,9,11,17-18,21-23H2,1-4H3,(H,45,54)(H,48,51)(H,49,53)/b10-8-/t25-,28+,31-,32-,43+/m0/s1. The third kappa shape index (κ3) is 9.15. The summed E-state index contributed by atoms with van der Waals surface area (Å²) in [5, 5.41) is 5.52. The van der Waals surface area contributed by atoms with Crippen LogP contribution in [0.2, 0.25) is 0 Å². The van der Waals surface area contributed by atoms with Crippen LogP contribution in [0.3, 0.4) is 0 Å². The second-order valence-electron chi connectivity index (χ2n) is 17.2. The van der Waals surface area contributed by atoms with E-state index in [2.05, 4.69) is 15.4 Å². The lowest BCUT2D eigenvalue weighted by molar-refractivity contribution is -0.141. The van der Waals surface area contributed by atoms with Gasteiger partial charge in [-0.15, -0.1) is 11.3 Å². The molecule has 4 aliphatic rings. The Balaban J connectivity index is 1.15. The molecule has 0 bridgehead atoms. The van der Waals surface area contributed by atoms with E-state index in [1.807, 2.05) is 12.2 Å². The van der Waals surface area contributed by atoms with Crippen LogP contribution in [-0.2, 0) is 29.1 Å². The number of thiophene rings is 1. The number of methoxy groups -OCH3 is 1. The van der Waals surface area contributed by atoms with Crippen molar-refractivity contribution in [3.8, 4) is 23.0 Å². The van der Waals surface area contributed by atoms with E-state index in [0.29, 0.717) is 58.4 Å². The monoisotopic (exact) mass is 876 g/mol. The van der Waals surface area contributed by atoms with E-state index in [-0.39, 0.29) is 31.7 Å². The summed E-state index contributed by atoms with van der Waals surface area (Å²) < 4.78 is 61.5. The number of nitrogens with zero attached hydrogens (tertiary/aromatic N) is 3. The highest BCUT2D eigenvalue weighted by atomic mass is 32.2. The molecule has 0 unspecified atom stereocenters. The molecule has 3 N–H and O–H groups in total. The maximum atomic E-state index is 14.7. The summed E-state index contributed by atoms with van der Waals surface area (Å²) in [4.78, 5) is 67.3. The van der Waals surface area contributed by atoms with Gasteiger partial charge in [0.05, 0.1) is 24.4 Å². The first-order chi connectivity index (χ1) is 29.0. The topological polar surface area (TPSA) is 195 Å². The minimum atomic E-state index is -3.94. The Morgan fingerprint density at radius 3 is 2.52 bits per heavy atom. The lowest BCUT2D eigenvalue weighted by Crippen LogP contribution is -2.58. The molecule has 61 heavy (non-hydrogen) atoms. The van der Waals surface area contributed by atoms with Crippen molar-refractivity contribution in [3.05, 3.63) is 60.4 Å². The number of carbonyl (C=O) groups is 4. The molecule has 0 radical (unpaired) electrons. The highest BCUT2D eigenvalue weighted by Gasteiger charge is 2.62. The first-order valence-corrected chi connectivity index (χ1v) is 23.0. The number of rotatable bonds is 8. The van der Waals surface area contributed by atoms with E-state index in [1.54, 1.807) is 58.2 Å². The Bertz CT molecular complexity index is 2520. The van der Waals surface area contributed by atoms with Gasteiger partial charge in [0, 0.05) is 28.0 Å². The summed E-state index contributed by atoms with van der Waals surface area (Å²) in [7, 11) is -2.38. The minimum Gasteiger partial charge on any atom is -0.497 e. The summed E-state index contributed by atoms with van der Waals surface area (Å²) in [6.07, 6.45) is 6.18. The number of amides is 4. The number of halogens is 1. The van der Waals surface area contributed by atoms with Crippen molar-refractivity contribution in [2.24, 2.45) is 5.92 Å². The zero-order valence-corrected chi connectivity index (χ0v) is 36.0. The number of alkyl carbamates (subject to hydrolysis) is 1. The average molecular weight is 877 g/mol. The van der Waals surface area contributed by atoms with Gasteiger partial charge in [-0.3, -0.25) is 19.1 Å². The van der Waals surface area contributed by atoms with Crippen LogP contribution < -0.4 is 24.8 Å². The number of hydrogen-bond donors (Lipinski definition) is 3. The van der Waals surface area contributed by atoms with Gasteiger partial charge in [0.25, 0.3) is 5.91 Å². The Morgan fingerprint density at radius 2 is 1.80 bits per heavy atom. The normalized spacial score (nSPS) is 25.4. The van der Waals surface area contributed by atoms with Crippen LogP contribution in [0.15, 0.2) is 54.6 Å². The second kappa shape index (κ2) is 16.5. The maximum Gasteiger partial charge on any atom is 0.408 e. The van der Waals surface area contributed by atoms with Crippen molar-refractivity contribution >= 4 is 65.5 Å². The van der Waals surface area contributed by atoms with Crippen LogP contribution in [0.4, 0.5) is 9.18 Å². The van der Waals surface area contributed by atoms with Crippen LogP contribution in [0.1, 0.15) is 78.6 Å². The fraction of sp³-hybridized carbons (Fsp3) is 0.488. The van der Waals surface area contributed by atoms with Gasteiger partial charge >= 0.3 is 6.09 Å². The van der Waals surface area contributed by atoms with Crippen molar-refractivity contribution in [1.82, 2.24) is 30.2 Å². The Morgan fingerprint density at radius 1 is 1.03 bits per heavy atom. The zero-order valence-electron chi connectivity index (χ0n) is 34.4. The summed E-state index contributed by atoms with van der Waals surface area (Å²) in [5.41, 5.74) is -1.31. The largest absolute Gasteiger partial charge is 0.497 e. The minimum absolute atomic E-state index is 0.0435. The smallest absolute Gasteiger partial charge is 0.408 e. The van der Waals surface area contributed by atoms with Crippen LogP contribution in [0, 0.1) is 11.7 Å². The Hall–Kier alpha value is -5.36. The van der Waals surface area contributed by atoms with Gasteiger partial charge in [0.1, 0.15) is 45.6 Å². The average Bonchev–Trinajstić information content (AvgIpc) is 4.11. The van der Waals surface area contributed by atoms with Crippen LogP contribution in [-0.4, -0.2) is 95.3 Å². The number of allylic oxidation sites excluding steroid dienone is 1. The molecule has 8 rings (SSSR count). The highest BCUT2D eigenvalue weighted by molar-refractivity contribution is 7.91. The van der Waals surface area contributed by atoms with Crippen molar-refractivity contribution < 1.29 is 46.2 Å². The predicted octanol–water partition coefficient (Wildman–Crippen LogP) is 5.90. The van der Waals surface area contributed by atoms with Crippen LogP contribution in [0.25, 0.3) is 31.7 Å². The maximum absolute atomic E-state index is 14.7. The van der Waals surface area contributed by atoms with Gasteiger partial charge in [0.15, 0.2) is 5.82 Å². The molecule has 2 aromatic heterocycles. The molecular weight excluding hydrogens is 828 g/mol. The molecule has 324 valence electrons. The number of nitrogens with one attached hydrogen (secondary N) is 3. The predicted molar refractivity (Wildman–Crippen MR) is 226 cm³/mol. The van der Waals surface area contributed by atoms with Crippen molar-refractivity contribution in [2.45, 2.75) is 113 Å². The van der Waals surface area contributed by atoms with E-state index in [9.17, 15) is 32.0 Å². The molecule has 3 fully saturated rings. The number of fused-ring (bicyclic) bond motifs is 5. The first-order valence-electron chi connectivity index (χ1n) is 20.6. The SMILES string of the molecule is COc1ccc(-c2nc(O[C@@H]3C[C@H]4C(=O)N[C@]5(C(=O)NS(=O)(=O)C6CC6)C[C@@H]5/C=C\CCCCC[C@H](NC(=O)OC(C)(C)C)C(=O)N4C3)c3sc4ccc(F)cc4c3n2)cc1. The zero-order chi connectivity index (χ0) is 43.3. The van der Waals surface area contributed by atoms with Gasteiger partial charge in [0.2, 0.25) is 27.7 Å². The number of carbonyl (C=O) groups excluding carboxylic acids is 4. The fourth-order valence-corrected chi connectivity index (χ4v) is 10.4. The number of benzene rings is 2. The number of aromatic nitrogens is 2. The number of hydrogen-bond acceptors (Lipinski definition) is 12. The molecule has 18 heteroatoms. The summed E-state index contributed by atoms with van der Waals surface area (Å²) >= 11 is 1.31. The Labute approximate surface area is 356 Å². The van der Waals surface area contributed by atoms with Crippen molar-refractivity contribution in [1.29, 1.82) is 0 Å². The van der Waals surface area contributed by atoms with Crippen molar-refractivity contribution in [2.75, 3.05) is 13.7 Å². The lowest BCUT2D eigenvalue weighted by atomic mass is 10.0. The summed E-state index contributed by atoms with van der Waals surface area (Å²) in [6, 6.07) is 9.25. The third-order valence-electron chi connectivity index (χ3n) is 11.4. The van der Waals surface area contributed by atoms with Gasteiger partial charge in [-0.05, 0) is 102 Å².